The Morgan fingerprint density at radius 2 is 1.97 bits per heavy atom. The minimum Gasteiger partial charge on any atom is -0.496 e. The third kappa shape index (κ3) is 3.48. The van der Waals surface area contributed by atoms with E-state index >= 15 is 0 Å². The fourth-order valence-corrected chi connectivity index (χ4v) is 5.30. The molecular formula is C26H32BrNO2. The molecule has 0 aliphatic carbocycles. The molecule has 160 valence electrons. The van der Waals surface area contributed by atoms with E-state index in [-0.39, 0.29) is 5.60 Å². The van der Waals surface area contributed by atoms with Gasteiger partial charge in [0.05, 0.1) is 24.9 Å². The van der Waals surface area contributed by atoms with Crippen molar-refractivity contribution in [2.45, 2.75) is 64.9 Å². The summed E-state index contributed by atoms with van der Waals surface area (Å²) < 4.78 is 13.2. The van der Waals surface area contributed by atoms with Crippen molar-refractivity contribution in [1.29, 1.82) is 0 Å². The van der Waals surface area contributed by atoms with Gasteiger partial charge >= 0.3 is 0 Å². The van der Waals surface area contributed by atoms with E-state index in [4.69, 9.17) is 9.47 Å². The van der Waals surface area contributed by atoms with Crippen LogP contribution in [0.15, 0.2) is 34.8 Å². The predicted octanol–water partition coefficient (Wildman–Crippen LogP) is 7.71. The van der Waals surface area contributed by atoms with Crippen molar-refractivity contribution < 1.29 is 9.47 Å². The number of fused-ring (bicyclic) bond motifs is 3. The molecule has 4 rings (SSSR count). The third-order valence-electron chi connectivity index (χ3n) is 6.57. The molecule has 30 heavy (non-hydrogen) atoms. The first kappa shape index (κ1) is 21.5. The number of hydrogen-bond acceptors (Lipinski definition) is 2. The van der Waals surface area contributed by atoms with Crippen molar-refractivity contribution in [2.24, 2.45) is 0 Å². The van der Waals surface area contributed by atoms with E-state index in [0.29, 0.717) is 5.92 Å². The number of H-pyrrole nitrogens is 1. The van der Waals surface area contributed by atoms with Crippen LogP contribution >= 0.6 is 15.9 Å². The molecule has 1 N–H and O–H groups in total. The Morgan fingerprint density at radius 1 is 1.17 bits per heavy atom. The second-order valence-corrected chi connectivity index (χ2v) is 9.58. The van der Waals surface area contributed by atoms with Crippen LogP contribution in [0.4, 0.5) is 0 Å². The number of nitrogens with one attached hydrogen (secondary N) is 1. The van der Waals surface area contributed by atoms with Crippen molar-refractivity contribution in [3.63, 3.8) is 0 Å². The number of ether oxygens (including phenoxy) is 2. The summed E-state index contributed by atoms with van der Waals surface area (Å²) in [6.45, 7) is 9.80. The van der Waals surface area contributed by atoms with Gasteiger partial charge in [0.2, 0.25) is 0 Å². The molecule has 1 aromatic heterocycles. The van der Waals surface area contributed by atoms with Gasteiger partial charge in [-0.05, 0) is 66.6 Å². The molecular weight excluding hydrogens is 438 g/mol. The predicted molar refractivity (Wildman–Crippen MR) is 129 cm³/mol. The largest absolute Gasteiger partial charge is 0.496 e. The van der Waals surface area contributed by atoms with Crippen LogP contribution in [0.5, 0.6) is 5.75 Å². The standard InChI is InChI=1S/C26H32BrNO2/c1-6-11-26(7-2)25-19(10-12-30-26)21-13-17(16(3)4)14-22(24(21)28-25)20-15-18(27)8-9-23(20)29-5/h8-9,13-16,28H,6-7,10-12H2,1-5H3. The second-order valence-electron chi connectivity index (χ2n) is 8.67. The number of aromatic nitrogens is 1. The van der Waals surface area contributed by atoms with E-state index < -0.39 is 0 Å². The van der Waals surface area contributed by atoms with Crippen LogP contribution in [0.1, 0.15) is 69.7 Å². The highest BCUT2D eigenvalue weighted by atomic mass is 79.9. The maximum absolute atomic E-state index is 6.44. The first-order valence-corrected chi connectivity index (χ1v) is 11.9. The molecule has 1 atom stereocenters. The van der Waals surface area contributed by atoms with Gasteiger partial charge in [0, 0.05) is 21.0 Å². The number of benzene rings is 2. The Bertz CT molecular complexity index is 1070. The fraction of sp³-hybridized carbons (Fsp3) is 0.462. The van der Waals surface area contributed by atoms with Gasteiger partial charge < -0.3 is 14.5 Å². The van der Waals surface area contributed by atoms with Gasteiger partial charge in [-0.2, -0.15) is 0 Å². The Morgan fingerprint density at radius 3 is 2.63 bits per heavy atom. The molecule has 1 aliphatic heterocycles. The molecule has 3 nitrogen and oxygen atoms in total. The summed E-state index contributed by atoms with van der Waals surface area (Å²) in [4.78, 5) is 3.85. The van der Waals surface area contributed by atoms with Crippen molar-refractivity contribution in [1.82, 2.24) is 4.98 Å². The van der Waals surface area contributed by atoms with Crippen LogP contribution in [-0.2, 0) is 16.8 Å². The van der Waals surface area contributed by atoms with E-state index in [2.05, 4.69) is 66.8 Å². The molecule has 2 heterocycles. The van der Waals surface area contributed by atoms with Crippen LogP contribution in [0, 0.1) is 0 Å². The van der Waals surface area contributed by atoms with Crippen LogP contribution in [-0.4, -0.2) is 18.7 Å². The molecule has 0 radical (unpaired) electrons. The molecule has 0 saturated carbocycles. The monoisotopic (exact) mass is 469 g/mol. The maximum atomic E-state index is 6.44. The van der Waals surface area contributed by atoms with Crippen molar-refractivity contribution in [3.8, 4) is 16.9 Å². The highest BCUT2D eigenvalue weighted by Crippen LogP contribution is 2.46. The maximum Gasteiger partial charge on any atom is 0.126 e. The van der Waals surface area contributed by atoms with Crippen LogP contribution in [0.2, 0.25) is 0 Å². The molecule has 0 spiro atoms. The van der Waals surface area contributed by atoms with Gasteiger partial charge in [-0.25, -0.2) is 0 Å². The van der Waals surface area contributed by atoms with E-state index in [9.17, 15) is 0 Å². The average molecular weight is 470 g/mol. The Kier molecular flexibility index (Phi) is 6.00. The van der Waals surface area contributed by atoms with Crippen LogP contribution in [0.3, 0.4) is 0 Å². The van der Waals surface area contributed by atoms with Gasteiger partial charge in [-0.1, -0.05) is 50.0 Å². The lowest BCUT2D eigenvalue weighted by atomic mass is 9.85. The molecule has 0 fully saturated rings. The van der Waals surface area contributed by atoms with Gasteiger partial charge in [0.1, 0.15) is 11.4 Å². The second kappa shape index (κ2) is 8.39. The van der Waals surface area contributed by atoms with E-state index in [1.165, 1.54) is 33.3 Å². The summed E-state index contributed by atoms with van der Waals surface area (Å²) in [5.41, 5.74) is 7.36. The Labute approximate surface area is 188 Å². The smallest absolute Gasteiger partial charge is 0.126 e. The lowest BCUT2D eigenvalue weighted by molar-refractivity contribution is -0.0723. The fourth-order valence-electron chi connectivity index (χ4n) is 4.93. The number of hydrogen-bond donors (Lipinski definition) is 1. The molecule has 4 heteroatoms. The molecule has 1 unspecified atom stereocenters. The molecule has 0 saturated heterocycles. The number of aromatic amines is 1. The van der Waals surface area contributed by atoms with Crippen molar-refractivity contribution in [3.05, 3.63) is 51.6 Å². The minimum absolute atomic E-state index is 0.210. The van der Waals surface area contributed by atoms with E-state index in [0.717, 1.165) is 48.1 Å². The topological polar surface area (TPSA) is 34.2 Å². The van der Waals surface area contributed by atoms with Crippen LogP contribution in [0.25, 0.3) is 22.0 Å². The molecule has 0 bridgehead atoms. The van der Waals surface area contributed by atoms with E-state index in [1.54, 1.807) is 7.11 Å². The third-order valence-corrected chi connectivity index (χ3v) is 7.06. The first-order valence-electron chi connectivity index (χ1n) is 11.1. The molecule has 3 aromatic rings. The molecule has 2 aromatic carbocycles. The summed E-state index contributed by atoms with van der Waals surface area (Å²) in [5, 5.41) is 1.34. The highest BCUT2D eigenvalue weighted by molar-refractivity contribution is 9.10. The highest BCUT2D eigenvalue weighted by Gasteiger charge is 2.38. The Hall–Kier alpha value is -1.78. The van der Waals surface area contributed by atoms with Gasteiger partial charge in [-0.15, -0.1) is 0 Å². The lowest BCUT2D eigenvalue weighted by Gasteiger charge is -2.36. The summed E-state index contributed by atoms with van der Waals surface area (Å²) in [6.07, 6.45) is 4.08. The minimum atomic E-state index is -0.210. The molecule has 1 aliphatic rings. The summed E-state index contributed by atoms with van der Waals surface area (Å²) in [7, 11) is 1.74. The zero-order valence-corrected chi connectivity index (χ0v) is 20.3. The van der Waals surface area contributed by atoms with Gasteiger partial charge in [0.25, 0.3) is 0 Å². The number of methoxy groups -OCH3 is 1. The zero-order valence-electron chi connectivity index (χ0n) is 18.7. The quantitative estimate of drug-likeness (QED) is 0.400. The summed E-state index contributed by atoms with van der Waals surface area (Å²) in [6, 6.07) is 10.9. The van der Waals surface area contributed by atoms with Crippen LogP contribution < -0.4 is 4.74 Å². The van der Waals surface area contributed by atoms with Crippen molar-refractivity contribution in [2.75, 3.05) is 13.7 Å². The van der Waals surface area contributed by atoms with Gasteiger partial charge in [0.15, 0.2) is 0 Å². The number of rotatable bonds is 6. The zero-order chi connectivity index (χ0) is 21.5. The normalized spacial score (nSPS) is 18.8. The van der Waals surface area contributed by atoms with E-state index in [1.807, 2.05) is 12.1 Å². The first-order chi connectivity index (χ1) is 14.4. The number of halogens is 1. The van der Waals surface area contributed by atoms with Crippen molar-refractivity contribution >= 4 is 26.8 Å². The summed E-state index contributed by atoms with van der Waals surface area (Å²) in [5.74, 6) is 1.34. The lowest BCUT2D eigenvalue weighted by Crippen LogP contribution is -2.35. The molecule has 0 amide bonds. The average Bonchev–Trinajstić information content (AvgIpc) is 3.13. The van der Waals surface area contributed by atoms with Gasteiger partial charge in [-0.3, -0.25) is 0 Å². The SMILES string of the molecule is CCCC1(CC)OCCc2c1[nH]c1c(-c3cc(Br)ccc3OC)cc(C(C)C)cc21. The summed E-state index contributed by atoms with van der Waals surface area (Å²) >= 11 is 3.66. The Balaban J connectivity index is 2.06.